The van der Waals surface area contributed by atoms with E-state index in [0.717, 1.165) is 29.8 Å². The molecule has 19 heavy (non-hydrogen) atoms. The molecule has 1 aromatic carbocycles. The third kappa shape index (κ3) is 2.03. The van der Waals surface area contributed by atoms with Crippen LogP contribution in [-0.2, 0) is 11.2 Å². The molecule has 1 aromatic heterocycles. The van der Waals surface area contributed by atoms with E-state index in [-0.39, 0.29) is 11.9 Å². The number of nitrogens with one attached hydrogen (secondary N) is 1. The number of benzene rings is 1. The highest BCUT2D eigenvalue weighted by atomic mass is 16.2. The second-order valence-corrected chi connectivity index (χ2v) is 5.08. The summed E-state index contributed by atoms with van der Waals surface area (Å²) in [4.78, 5) is 13.7. The van der Waals surface area contributed by atoms with Gasteiger partial charge < -0.3 is 4.90 Å². The van der Waals surface area contributed by atoms with E-state index < -0.39 is 0 Å². The minimum absolute atomic E-state index is 0.112. The molecule has 1 N–H and O–H groups in total. The smallest absolute Gasteiger partial charge is 0.224 e. The zero-order valence-corrected chi connectivity index (χ0v) is 11.2. The van der Waals surface area contributed by atoms with Crippen molar-refractivity contribution in [2.45, 2.75) is 32.7 Å². The molecule has 0 bridgehead atoms. The van der Waals surface area contributed by atoms with Crippen molar-refractivity contribution in [1.29, 1.82) is 0 Å². The van der Waals surface area contributed by atoms with Crippen LogP contribution in [0.3, 0.4) is 0 Å². The van der Waals surface area contributed by atoms with Crippen molar-refractivity contribution < 1.29 is 4.79 Å². The van der Waals surface area contributed by atoms with Gasteiger partial charge in [-0.3, -0.25) is 9.89 Å². The number of rotatable bonds is 1. The van der Waals surface area contributed by atoms with Gasteiger partial charge in [-0.2, -0.15) is 5.10 Å². The van der Waals surface area contributed by atoms with Gasteiger partial charge in [0.05, 0.1) is 5.69 Å². The molecule has 0 spiro atoms. The summed E-state index contributed by atoms with van der Waals surface area (Å²) in [7, 11) is 0. The Labute approximate surface area is 112 Å². The maximum Gasteiger partial charge on any atom is 0.224 e. The number of aryl methyl sites for hydroxylation is 1. The topological polar surface area (TPSA) is 49.0 Å². The molecule has 0 fully saturated rings. The summed E-state index contributed by atoms with van der Waals surface area (Å²) in [6.45, 7) is 3.74. The lowest BCUT2D eigenvalue weighted by Gasteiger charge is -2.34. The molecule has 0 saturated heterocycles. The van der Waals surface area contributed by atoms with Crippen molar-refractivity contribution in [3.8, 4) is 11.3 Å². The molecule has 3 rings (SSSR count). The van der Waals surface area contributed by atoms with Gasteiger partial charge in [0.2, 0.25) is 5.91 Å². The highest BCUT2D eigenvalue weighted by Gasteiger charge is 2.26. The second-order valence-electron chi connectivity index (χ2n) is 5.08. The number of carbonyl (C=O) groups is 1. The van der Waals surface area contributed by atoms with Crippen molar-refractivity contribution in [2.75, 3.05) is 4.90 Å². The van der Waals surface area contributed by atoms with E-state index in [2.05, 4.69) is 23.2 Å². The summed E-state index contributed by atoms with van der Waals surface area (Å²) < 4.78 is 0. The summed E-state index contributed by atoms with van der Waals surface area (Å²) in [6, 6.07) is 8.45. The standard InChI is InChI=1S/C15H17N3O/c1-10-3-4-13-9-12(14-7-8-16-17-14)5-6-15(13)18(10)11(2)19/h5-10H,3-4H2,1-2H3,(H,16,17)/t10-/m0/s1. The Kier molecular flexibility index (Phi) is 2.85. The normalized spacial score (nSPS) is 18.2. The van der Waals surface area contributed by atoms with Gasteiger partial charge in [-0.15, -0.1) is 0 Å². The molecule has 4 nitrogen and oxygen atoms in total. The third-order valence-corrected chi connectivity index (χ3v) is 3.75. The van der Waals surface area contributed by atoms with Gasteiger partial charge in [0.1, 0.15) is 0 Å². The predicted octanol–water partition coefficient (Wildman–Crippen LogP) is 2.76. The maximum absolute atomic E-state index is 11.8. The highest BCUT2D eigenvalue weighted by Crippen LogP contribution is 2.33. The van der Waals surface area contributed by atoms with Crippen LogP contribution in [0.25, 0.3) is 11.3 Å². The van der Waals surface area contributed by atoms with Crippen LogP contribution in [0.2, 0.25) is 0 Å². The quantitative estimate of drug-likeness (QED) is 0.851. The van der Waals surface area contributed by atoms with Crippen LogP contribution in [-0.4, -0.2) is 22.1 Å². The zero-order chi connectivity index (χ0) is 13.4. The van der Waals surface area contributed by atoms with E-state index in [4.69, 9.17) is 0 Å². The van der Waals surface area contributed by atoms with Crippen molar-refractivity contribution in [2.24, 2.45) is 0 Å². The average molecular weight is 255 g/mol. The van der Waals surface area contributed by atoms with Crippen molar-refractivity contribution in [3.05, 3.63) is 36.0 Å². The molecule has 2 aromatic rings. The van der Waals surface area contributed by atoms with Gasteiger partial charge in [-0.25, -0.2) is 0 Å². The van der Waals surface area contributed by atoms with E-state index in [0.29, 0.717) is 0 Å². The average Bonchev–Trinajstić information content (AvgIpc) is 2.91. The van der Waals surface area contributed by atoms with Gasteiger partial charge >= 0.3 is 0 Å². The van der Waals surface area contributed by atoms with Crippen molar-refractivity contribution in [3.63, 3.8) is 0 Å². The lowest BCUT2D eigenvalue weighted by molar-refractivity contribution is -0.117. The zero-order valence-electron chi connectivity index (χ0n) is 11.2. The SMILES string of the molecule is CC(=O)N1c2ccc(-c3cc[nH]n3)cc2CC[C@@H]1C. The minimum atomic E-state index is 0.112. The fourth-order valence-electron chi connectivity index (χ4n) is 2.81. The number of hydrogen-bond donors (Lipinski definition) is 1. The molecule has 1 aliphatic rings. The summed E-state index contributed by atoms with van der Waals surface area (Å²) in [6.07, 6.45) is 3.84. The molecule has 4 heteroatoms. The van der Waals surface area contributed by atoms with Crippen LogP contribution in [0.4, 0.5) is 5.69 Å². The molecule has 1 aliphatic heterocycles. The molecule has 0 saturated carbocycles. The molecule has 98 valence electrons. The minimum Gasteiger partial charge on any atom is -0.310 e. The Bertz CT molecular complexity index is 604. The summed E-state index contributed by atoms with van der Waals surface area (Å²) in [5, 5.41) is 7.03. The van der Waals surface area contributed by atoms with Gasteiger partial charge in [0.25, 0.3) is 0 Å². The van der Waals surface area contributed by atoms with Crippen molar-refractivity contribution >= 4 is 11.6 Å². The number of amides is 1. The lowest BCUT2D eigenvalue weighted by Crippen LogP contribution is -2.40. The number of fused-ring (bicyclic) bond motifs is 1. The first-order valence-electron chi connectivity index (χ1n) is 6.59. The monoisotopic (exact) mass is 255 g/mol. The third-order valence-electron chi connectivity index (χ3n) is 3.75. The van der Waals surface area contributed by atoms with Crippen LogP contribution in [0.15, 0.2) is 30.5 Å². The number of aromatic nitrogens is 2. The lowest BCUT2D eigenvalue weighted by atomic mass is 9.94. The Morgan fingerprint density at radius 2 is 2.26 bits per heavy atom. The van der Waals surface area contributed by atoms with E-state index in [9.17, 15) is 4.79 Å². The number of H-pyrrole nitrogens is 1. The molecule has 0 unspecified atom stereocenters. The fourth-order valence-corrected chi connectivity index (χ4v) is 2.81. The number of anilines is 1. The first-order valence-corrected chi connectivity index (χ1v) is 6.59. The Hall–Kier alpha value is -2.10. The van der Waals surface area contributed by atoms with Crippen LogP contribution >= 0.6 is 0 Å². The molecule has 2 heterocycles. The van der Waals surface area contributed by atoms with E-state index in [1.807, 2.05) is 29.3 Å². The van der Waals surface area contributed by atoms with Gasteiger partial charge in [0.15, 0.2) is 0 Å². The molecule has 1 amide bonds. The number of aromatic amines is 1. The van der Waals surface area contributed by atoms with Gasteiger partial charge in [-0.05, 0) is 43.5 Å². The maximum atomic E-state index is 11.8. The van der Waals surface area contributed by atoms with Crippen LogP contribution < -0.4 is 4.90 Å². The van der Waals surface area contributed by atoms with Crippen molar-refractivity contribution in [1.82, 2.24) is 10.2 Å². The number of hydrogen-bond acceptors (Lipinski definition) is 2. The molecule has 0 radical (unpaired) electrons. The van der Waals surface area contributed by atoms with E-state index >= 15 is 0 Å². The molecule has 0 aliphatic carbocycles. The van der Waals surface area contributed by atoms with Gasteiger partial charge in [-0.1, -0.05) is 6.07 Å². The van der Waals surface area contributed by atoms with Gasteiger partial charge in [0, 0.05) is 30.4 Å². The number of nitrogens with zero attached hydrogens (tertiary/aromatic N) is 2. The van der Waals surface area contributed by atoms with Crippen LogP contribution in [0.5, 0.6) is 0 Å². The molecule has 1 atom stereocenters. The first-order chi connectivity index (χ1) is 9.16. The summed E-state index contributed by atoms with van der Waals surface area (Å²) in [5.74, 6) is 0.112. The molecular weight excluding hydrogens is 238 g/mol. The highest BCUT2D eigenvalue weighted by molar-refractivity contribution is 5.93. The largest absolute Gasteiger partial charge is 0.310 e. The summed E-state index contributed by atoms with van der Waals surface area (Å²) >= 11 is 0. The predicted molar refractivity (Wildman–Crippen MR) is 75.0 cm³/mol. The van der Waals surface area contributed by atoms with E-state index in [1.165, 1.54) is 5.56 Å². The van der Waals surface area contributed by atoms with E-state index in [1.54, 1.807) is 6.92 Å². The second kappa shape index (κ2) is 4.53. The molecular formula is C15H17N3O. The fraction of sp³-hybridized carbons (Fsp3) is 0.333. The first kappa shape index (κ1) is 12.0. The summed E-state index contributed by atoms with van der Waals surface area (Å²) in [5.41, 5.74) is 4.31. The Morgan fingerprint density at radius 3 is 2.95 bits per heavy atom. The Morgan fingerprint density at radius 1 is 1.42 bits per heavy atom. The number of carbonyl (C=O) groups excluding carboxylic acids is 1. The van der Waals surface area contributed by atoms with Crippen LogP contribution in [0.1, 0.15) is 25.8 Å². The Balaban J connectivity index is 2.05. The van der Waals surface area contributed by atoms with Crippen LogP contribution in [0, 0.1) is 0 Å².